The first kappa shape index (κ1) is 30.2. The number of hydrogen-bond acceptors (Lipinski definition) is 0. The van der Waals surface area contributed by atoms with Gasteiger partial charge in [0.2, 0.25) is 0 Å². The molecule has 0 atom stereocenters. The van der Waals surface area contributed by atoms with E-state index in [2.05, 4.69) is 137 Å². The third kappa shape index (κ3) is 6.12. The van der Waals surface area contributed by atoms with Gasteiger partial charge in [-0.2, -0.15) is 0 Å². The average molecular weight is 614 g/mol. The van der Waals surface area contributed by atoms with Crippen molar-refractivity contribution in [3.63, 3.8) is 0 Å². The van der Waals surface area contributed by atoms with Crippen LogP contribution >= 0.6 is 0 Å². The Kier molecular flexibility index (Phi) is 10.1. The number of halogens is 2. The molecule has 3 aromatic rings. The molecule has 0 saturated heterocycles. The van der Waals surface area contributed by atoms with Crippen LogP contribution in [0.3, 0.4) is 0 Å². The first-order valence-electron chi connectivity index (χ1n) is 12.6. The van der Waals surface area contributed by atoms with E-state index in [-0.39, 0.29) is 30.2 Å². The van der Waals surface area contributed by atoms with Crippen LogP contribution in [0, 0.1) is 12.3 Å². The van der Waals surface area contributed by atoms with Gasteiger partial charge >= 0.3 is 99.2 Å². The molecule has 0 unspecified atom stereocenters. The molecule has 190 valence electrons. The summed E-state index contributed by atoms with van der Waals surface area (Å²) in [6.45, 7) is 9.04. The Morgan fingerprint density at radius 2 is 1.45 bits per heavy atom. The van der Waals surface area contributed by atoms with Gasteiger partial charge in [-0.05, 0) is 25.7 Å². The van der Waals surface area contributed by atoms with E-state index in [0.717, 1.165) is 6.42 Å². The van der Waals surface area contributed by atoms with E-state index in [1.807, 2.05) is 0 Å². The molecule has 0 amide bonds. The Bertz CT molecular complexity index is 1540. The third-order valence-electron chi connectivity index (χ3n) is 7.04. The van der Waals surface area contributed by atoms with Crippen molar-refractivity contribution in [2.45, 2.75) is 34.1 Å². The monoisotopic (exact) mass is 611 g/mol. The van der Waals surface area contributed by atoms with Gasteiger partial charge in [0.25, 0.3) is 0 Å². The molecule has 6 rings (SSSR count). The zero-order chi connectivity index (χ0) is 25.3. The molecule has 0 aliphatic heterocycles. The molecule has 0 N–H and O–H groups in total. The molecule has 0 aromatic heterocycles. The van der Waals surface area contributed by atoms with Gasteiger partial charge < -0.3 is 24.8 Å². The second-order valence-electron chi connectivity index (χ2n) is 10.3. The van der Waals surface area contributed by atoms with Gasteiger partial charge in [-0.25, -0.2) is 0 Å². The van der Waals surface area contributed by atoms with Crippen molar-refractivity contribution in [2.24, 2.45) is 5.41 Å². The topological polar surface area (TPSA) is 0 Å². The molecule has 0 spiro atoms. The summed E-state index contributed by atoms with van der Waals surface area (Å²) >= 11 is 1.46. The van der Waals surface area contributed by atoms with Gasteiger partial charge in [-0.15, -0.1) is 33.7 Å². The molecular formula is C35H31Cl2Zr-. The summed E-state index contributed by atoms with van der Waals surface area (Å²) < 4.78 is 1.42. The van der Waals surface area contributed by atoms with E-state index >= 15 is 0 Å². The summed E-state index contributed by atoms with van der Waals surface area (Å²) in [6, 6.07) is 27.8. The molecule has 3 aliphatic rings. The van der Waals surface area contributed by atoms with Crippen LogP contribution in [0.5, 0.6) is 0 Å². The summed E-state index contributed by atoms with van der Waals surface area (Å²) in [5, 5.41) is 2.59. The van der Waals surface area contributed by atoms with Crippen molar-refractivity contribution >= 4 is 14.9 Å². The molecule has 3 aromatic carbocycles. The van der Waals surface area contributed by atoms with Crippen LogP contribution in [-0.4, -0.2) is 3.21 Å². The number of rotatable bonds is 3. The van der Waals surface area contributed by atoms with Crippen LogP contribution in [0.4, 0.5) is 0 Å². The van der Waals surface area contributed by atoms with Gasteiger partial charge in [-0.1, -0.05) is 72.6 Å². The molecule has 38 heavy (non-hydrogen) atoms. The standard InChI is InChI=1S/C22H21.C13H10.2ClH.Zr/c1-14-9-10-18-17(11-14)12-19-20(18)15(2)13-22(3,4)21(19)16-7-5-6-8-16;1-3-7-12(8-4-1)11-13-9-5-2-6-10-13;;;/h5-7,9-11,13H,8H2,1-4H3;1-10H;2*1H;/q-1;;;;+2/p-2. The van der Waals surface area contributed by atoms with E-state index < -0.39 is 0 Å². The predicted molar refractivity (Wildman–Crippen MR) is 150 cm³/mol. The summed E-state index contributed by atoms with van der Waals surface area (Å²) in [7, 11) is 0. The van der Waals surface area contributed by atoms with Crippen LogP contribution in [0.15, 0.2) is 125 Å². The normalized spacial score (nSPS) is 16.0. The third-order valence-corrected chi connectivity index (χ3v) is 8.46. The molecule has 0 radical (unpaired) electrons. The second kappa shape index (κ2) is 12.7. The molecular weight excluding hydrogens is 583 g/mol. The fourth-order valence-electron chi connectivity index (χ4n) is 5.50. The first-order valence-corrected chi connectivity index (χ1v) is 13.8. The van der Waals surface area contributed by atoms with Crippen LogP contribution in [0.25, 0.3) is 11.6 Å². The minimum absolute atomic E-state index is 0. The minimum atomic E-state index is 0. The summed E-state index contributed by atoms with van der Waals surface area (Å²) in [6.07, 6.45) is 13.9. The zero-order valence-electron chi connectivity index (χ0n) is 22.3. The Balaban J connectivity index is 0.000000219. The maximum atomic E-state index is 3.72. The fraction of sp³-hybridized carbons (Fsp3) is 0.171. The number of hydrogen-bond donors (Lipinski definition) is 0. The van der Waals surface area contributed by atoms with Crippen LogP contribution in [-0.2, 0) is 24.2 Å². The van der Waals surface area contributed by atoms with E-state index in [1.54, 1.807) is 0 Å². The molecule has 0 nitrogen and oxygen atoms in total. The number of allylic oxidation sites excluding steroid dienone is 8. The van der Waals surface area contributed by atoms with E-state index in [9.17, 15) is 0 Å². The molecule has 0 saturated carbocycles. The molecule has 0 fully saturated rings. The van der Waals surface area contributed by atoms with Gasteiger partial charge in [0.1, 0.15) is 0 Å². The van der Waals surface area contributed by atoms with Crippen LogP contribution in [0.1, 0.15) is 43.9 Å². The summed E-state index contributed by atoms with van der Waals surface area (Å²) in [4.78, 5) is 0. The van der Waals surface area contributed by atoms with Crippen molar-refractivity contribution < 1.29 is 49.0 Å². The zero-order valence-corrected chi connectivity index (χ0v) is 26.2. The van der Waals surface area contributed by atoms with E-state index in [4.69, 9.17) is 0 Å². The molecule has 0 heterocycles. The van der Waals surface area contributed by atoms with Gasteiger partial charge in [-0.3, -0.25) is 0 Å². The van der Waals surface area contributed by atoms with Crippen molar-refractivity contribution in [3.05, 3.63) is 153 Å². The average Bonchev–Trinajstić information content (AvgIpc) is 3.52. The molecule has 3 aliphatic carbocycles. The Labute approximate surface area is 254 Å². The summed E-state index contributed by atoms with van der Waals surface area (Å²) in [5.74, 6) is 0. The van der Waals surface area contributed by atoms with Gasteiger partial charge in [0.05, 0.1) is 0 Å². The van der Waals surface area contributed by atoms with Gasteiger partial charge in [0, 0.05) is 0 Å². The Morgan fingerprint density at radius 1 is 0.842 bits per heavy atom. The van der Waals surface area contributed by atoms with Crippen molar-refractivity contribution in [2.75, 3.05) is 0 Å². The number of benzene rings is 3. The SMILES string of the molecule is CC1=CC(C)(C)C(C2=CC=CC2)=C2[C-]=c3cc(C)ccc3=C12.[Cl-].[Cl-].[Zr+2]=[C](c1ccccc1)c1ccccc1. The van der Waals surface area contributed by atoms with E-state index in [0.29, 0.717) is 0 Å². The van der Waals surface area contributed by atoms with Crippen molar-refractivity contribution in [1.29, 1.82) is 0 Å². The van der Waals surface area contributed by atoms with Crippen LogP contribution in [0.2, 0.25) is 0 Å². The second-order valence-corrected chi connectivity index (χ2v) is 11.5. The number of fused-ring (bicyclic) bond motifs is 2. The number of aryl methyl sites for hydroxylation is 1. The van der Waals surface area contributed by atoms with E-state index in [1.165, 1.54) is 82.4 Å². The Morgan fingerprint density at radius 3 is 2.00 bits per heavy atom. The van der Waals surface area contributed by atoms with Crippen LogP contribution < -0.4 is 35.3 Å². The fourth-order valence-corrected chi connectivity index (χ4v) is 6.32. The molecule has 0 bridgehead atoms. The predicted octanol–water partition coefficient (Wildman–Crippen LogP) is 0.796. The summed E-state index contributed by atoms with van der Waals surface area (Å²) in [5.41, 5.74) is 11.0. The first-order chi connectivity index (χ1) is 17.3. The van der Waals surface area contributed by atoms with Crippen molar-refractivity contribution in [1.82, 2.24) is 0 Å². The maximum absolute atomic E-state index is 3.72. The van der Waals surface area contributed by atoms with Gasteiger partial charge in [0.15, 0.2) is 0 Å². The quantitative estimate of drug-likeness (QED) is 0.384. The Hall–Kier alpha value is -2.31. The molecule has 3 heteroatoms. The van der Waals surface area contributed by atoms with Crippen molar-refractivity contribution in [3.8, 4) is 0 Å².